The molecule has 2 N–H and O–H groups in total. The lowest BCUT2D eigenvalue weighted by atomic mass is 10.1. The number of carboxylic acid groups (broad SMARTS) is 1. The molecule has 0 fully saturated rings. The van der Waals surface area contributed by atoms with Gasteiger partial charge in [-0.25, -0.2) is 13.2 Å². The quantitative estimate of drug-likeness (QED) is 0.605. The highest BCUT2D eigenvalue weighted by molar-refractivity contribution is 7.94. The molecule has 0 spiro atoms. The van der Waals surface area contributed by atoms with Crippen LogP contribution in [0, 0.1) is 10.1 Å². The van der Waals surface area contributed by atoms with Gasteiger partial charge in [-0.1, -0.05) is 18.2 Å². The molecule has 1 aliphatic rings. The predicted octanol–water partition coefficient (Wildman–Crippen LogP) is 0.693. The Hall–Kier alpha value is -2.26. The van der Waals surface area contributed by atoms with Gasteiger partial charge >= 0.3 is 5.97 Å². The molecule has 8 nitrogen and oxygen atoms in total. The molecule has 9 heteroatoms. The van der Waals surface area contributed by atoms with E-state index in [0.29, 0.717) is 0 Å². The first kappa shape index (κ1) is 15.1. The fourth-order valence-electron chi connectivity index (χ4n) is 2.08. The number of rotatable bonds is 5. The first-order chi connectivity index (χ1) is 9.80. The summed E-state index contributed by atoms with van der Waals surface area (Å²) < 4.78 is 22.5. The second-order valence-electron chi connectivity index (χ2n) is 4.52. The number of benzene rings is 1. The number of hydrogen-bond acceptors (Lipinski definition) is 6. The molecule has 0 saturated heterocycles. The summed E-state index contributed by atoms with van der Waals surface area (Å²) in [5.74, 6) is -1.50. The number of nitro benzene ring substituents is 1. The molecule has 1 atom stereocenters. The molecule has 0 aliphatic carbocycles. The molecule has 21 heavy (non-hydrogen) atoms. The fourth-order valence-corrected chi connectivity index (χ4v) is 3.35. The van der Waals surface area contributed by atoms with Crippen molar-refractivity contribution in [2.75, 3.05) is 5.75 Å². The summed E-state index contributed by atoms with van der Waals surface area (Å²) in [7, 11) is -3.22. The number of nitrogens with zero attached hydrogens (tertiary/aromatic N) is 1. The molecule has 1 aromatic carbocycles. The van der Waals surface area contributed by atoms with Gasteiger partial charge in [0.1, 0.15) is 5.56 Å². The number of nitrogens with one attached hydrogen (secondary N) is 1. The molecule has 1 heterocycles. The van der Waals surface area contributed by atoms with Crippen LogP contribution >= 0.6 is 0 Å². The van der Waals surface area contributed by atoms with Crippen molar-refractivity contribution in [3.05, 3.63) is 50.9 Å². The van der Waals surface area contributed by atoms with Gasteiger partial charge in [0.2, 0.25) is 0 Å². The van der Waals surface area contributed by atoms with Crippen molar-refractivity contribution >= 4 is 21.5 Å². The third kappa shape index (κ3) is 3.44. The number of carbonyl (C=O) groups is 1. The molecule has 0 bridgehead atoms. The van der Waals surface area contributed by atoms with Gasteiger partial charge < -0.3 is 10.4 Å². The lowest BCUT2D eigenvalue weighted by Gasteiger charge is -2.11. The minimum atomic E-state index is -3.22. The zero-order valence-corrected chi connectivity index (χ0v) is 11.5. The molecule has 2 rings (SSSR count). The highest BCUT2D eigenvalue weighted by Gasteiger charge is 2.25. The maximum absolute atomic E-state index is 11.3. The number of aromatic carboxylic acids is 1. The molecular weight excluding hydrogens is 300 g/mol. The minimum Gasteiger partial charge on any atom is -0.477 e. The Morgan fingerprint density at radius 3 is 2.71 bits per heavy atom. The van der Waals surface area contributed by atoms with E-state index in [2.05, 4.69) is 5.32 Å². The number of sulfone groups is 1. The molecule has 1 aliphatic heterocycles. The highest BCUT2D eigenvalue weighted by atomic mass is 32.2. The maximum Gasteiger partial charge on any atom is 0.343 e. The first-order valence-electron chi connectivity index (χ1n) is 5.94. The van der Waals surface area contributed by atoms with E-state index in [9.17, 15) is 23.3 Å². The molecule has 0 radical (unpaired) electrons. The SMILES string of the molecule is O=C(O)c1c(CNC2C=CS(=O)(=O)C2)cccc1[N+](=O)[O-]. The smallest absolute Gasteiger partial charge is 0.343 e. The molecule has 1 aromatic rings. The maximum atomic E-state index is 11.3. The van der Waals surface area contributed by atoms with Crippen LogP contribution in [-0.4, -0.2) is 36.2 Å². The Balaban J connectivity index is 2.21. The van der Waals surface area contributed by atoms with E-state index in [-0.39, 0.29) is 23.4 Å². The standard InChI is InChI=1S/C12H12N2O6S/c15-12(16)11-8(2-1-3-10(11)14(17)18)6-13-9-4-5-21(19,20)7-9/h1-5,9,13H,6-7H2,(H,15,16). The minimum absolute atomic E-state index is 0.0217. The van der Waals surface area contributed by atoms with Crippen LogP contribution in [0.5, 0.6) is 0 Å². The van der Waals surface area contributed by atoms with Gasteiger partial charge in [0, 0.05) is 24.1 Å². The fraction of sp³-hybridized carbons (Fsp3) is 0.250. The van der Waals surface area contributed by atoms with E-state index in [0.717, 1.165) is 11.5 Å². The zero-order chi connectivity index (χ0) is 15.6. The summed E-state index contributed by atoms with van der Waals surface area (Å²) in [6.07, 6.45) is 1.47. The summed E-state index contributed by atoms with van der Waals surface area (Å²) in [4.78, 5) is 21.3. The molecular formula is C12H12N2O6S. The van der Waals surface area contributed by atoms with Crippen LogP contribution in [0.3, 0.4) is 0 Å². The Kier molecular flexibility index (Phi) is 4.05. The van der Waals surface area contributed by atoms with E-state index in [1.165, 1.54) is 18.2 Å². The first-order valence-corrected chi connectivity index (χ1v) is 7.65. The van der Waals surface area contributed by atoms with Crippen molar-refractivity contribution < 1.29 is 23.2 Å². The van der Waals surface area contributed by atoms with Gasteiger partial charge in [-0.2, -0.15) is 0 Å². The monoisotopic (exact) mass is 312 g/mol. The molecule has 0 saturated carbocycles. The topological polar surface area (TPSA) is 127 Å². The van der Waals surface area contributed by atoms with Crippen molar-refractivity contribution in [2.45, 2.75) is 12.6 Å². The van der Waals surface area contributed by atoms with Crippen molar-refractivity contribution in [3.63, 3.8) is 0 Å². The zero-order valence-electron chi connectivity index (χ0n) is 10.7. The number of nitro groups is 1. The van der Waals surface area contributed by atoms with Crippen LogP contribution < -0.4 is 5.32 Å². The average Bonchev–Trinajstić information content (AvgIpc) is 2.75. The molecule has 112 valence electrons. The van der Waals surface area contributed by atoms with E-state index in [1.807, 2.05) is 0 Å². The average molecular weight is 312 g/mol. The Morgan fingerprint density at radius 2 is 2.19 bits per heavy atom. The molecule has 0 amide bonds. The van der Waals surface area contributed by atoms with Crippen LogP contribution in [0.1, 0.15) is 15.9 Å². The Labute approximate surface area is 120 Å². The van der Waals surface area contributed by atoms with Crippen LogP contribution in [0.4, 0.5) is 5.69 Å². The van der Waals surface area contributed by atoms with E-state index in [1.54, 1.807) is 0 Å². The van der Waals surface area contributed by atoms with Gasteiger partial charge in [-0.15, -0.1) is 0 Å². The number of carboxylic acids is 1. The highest BCUT2D eigenvalue weighted by Crippen LogP contribution is 2.22. The Bertz CT molecular complexity index is 725. The second-order valence-corrected chi connectivity index (χ2v) is 6.45. The second kappa shape index (κ2) is 5.62. The van der Waals surface area contributed by atoms with Crippen LogP contribution in [0.25, 0.3) is 0 Å². The molecule has 1 unspecified atom stereocenters. The lowest BCUT2D eigenvalue weighted by Crippen LogP contribution is -2.30. The van der Waals surface area contributed by atoms with Gasteiger partial charge in [-0.05, 0) is 5.56 Å². The summed E-state index contributed by atoms with van der Waals surface area (Å²) in [6.45, 7) is 0.0217. The number of hydrogen-bond donors (Lipinski definition) is 2. The normalized spacial score (nSPS) is 19.5. The lowest BCUT2D eigenvalue weighted by molar-refractivity contribution is -0.385. The summed E-state index contributed by atoms with van der Waals surface area (Å²) in [5.41, 5.74) is -0.648. The van der Waals surface area contributed by atoms with Crippen molar-refractivity contribution in [3.8, 4) is 0 Å². The Morgan fingerprint density at radius 1 is 1.48 bits per heavy atom. The van der Waals surface area contributed by atoms with Crippen molar-refractivity contribution in [2.24, 2.45) is 0 Å². The third-order valence-corrected chi connectivity index (χ3v) is 4.42. The van der Waals surface area contributed by atoms with E-state index < -0.39 is 32.5 Å². The van der Waals surface area contributed by atoms with Crippen LogP contribution in [0.15, 0.2) is 29.7 Å². The van der Waals surface area contributed by atoms with E-state index >= 15 is 0 Å². The summed E-state index contributed by atoms with van der Waals surface area (Å²) in [5, 5.41) is 23.9. The van der Waals surface area contributed by atoms with E-state index in [4.69, 9.17) is 5.11 Å². The third-order valence-electron chi connectivity index (χ3n) is 3.02. The van der Waals surface area contributed by atoms with Crippen LogP contribution in [0.2, 0.25) is 0 Å². The van der Waals surface area contributed by atoms with Gasteiger partial charge in [-0.3, -0.25) is 10.1 Å². The molecule has 0 aromatic heterocycles. The van der Waals surface area contributed by atoms with Crippen molar-refractivity contribution in [1.29, 1.82) is 0 Å². The van der Waals surface area contributed by atoms with Crippen LogP contribution in [-0.2, 0) is 16.4 Å². The largest absolute Gasteiger partial charge is 0.477 e. The van der Waals surface area contributed by atoms with Gasteiger partial charge in [0.15, 0.2) is 9.84 Å². The summed E-state index contributed by atoms with van der Waals surface area (Å²) >= 11 is 0. The van der Waals surface area contributed by atoms with Crippen molar-refractivity contribution in [1.82, 2.24) is 5.32 Å². The van der Waals surface area contributed by atoms with Gasteiger partial charge in [0.25, 0.3) is 5.69 Å². The predicted molar refractivity (Wildman–Crippen MR) is 73.6 cm³/mol. The van der Waals surface area contributed by atoms with Gasteiger partial charge in [0.05, 0.1) is 10.7 Å². The summed E-state index contributed by atoms with van der Waals surface area (Å²) in [6, 6.07) is 3.53.